The van der Waals surface area contributed by atoms with Crippen molar-refractivity contribution in [3.63, 3.8) is 0 Å². The molecule has 2 nitrogen and oxygen atoms in total. The summed E-state index contributed by atoms with van der Waals surface area (Å²) < 4.78 is 0. The molecule has 0 saturated carbocycles. The first kappa shape index (κ1) is 7.22. The van der Waals surface area contributed by atoms with Gasteiger partial charge in [0.1, 0.15) is 5.76 Å². The molecule has 1 aromatic carbocycles. The molecule has 61 valence electrons. The molecule has 0 saturated heterocycles. The van der Waals surface area contributed by atoms with Crippen LogP contribution < -0.4 is 0 Å². The first-order chi connectivity index (χ1) is 5.68. The van der Waals surface area contributed by atoms with E-state index in [1.165, 1.54) is 0 Å². The third-order valence-corrected chi connectivity index (χ3v) is 2.13. The van der Waals surface area contributed by atoms with Crippen molar-refractivity contribution in [3.05, 3.63) is 40.6 Å². The number of aliphatic hydroxyl groups excluding tert-OH is 1. The Labute approximate surface area is 70.8 Å². The fraction of sp³-hybridized carbons (Fsp3) is 0.200. The van der Waals surface area contributed by atoms with E-state index in [0.717, 1.165) is 11.1 Å². The average Bonchev–Trinajstić information content (AvgIpc) is 2.28. The number of hydrogen-bond acceptors (Lipinski definition) is 1. The lowest BCUT2D eigenvalue weighted by molar-refractivity contribution is 0.336. The Hall–Kier alpha value is -1.44. The molecule has 2 heteroatoms. The molecule has 2 rings (SSSR count). The maximum Gasteiger partial charge on any atom is 0.223 e. The minimum atomic E-state index is -0.218. The number of aryl methyl sites for hydroxylation is 1. The summed E-state index contributed by atoms with van der Waals surface area (Å²) in [6, 6.07) is 5.60. The SMILES string of the molecule is Cc1ccc2c(c1)CC(O)=C2[O]. The molecule has 0 heterocycles. The summed E-state index contributed by atoms with van der Waals surface area (Å²) in [6.07, 6.45) is 0.399. The smallest absolute Gasteiger partial charge is 0.223 e. The average molecular weight is 161 g/mol. The largest absolute Gasteiger partial charge is 0.508 e. The van der Waals surface area contributed by atoms with Gasteiger partial charge in [-0.05, 0) is 12.5 Å². The van der Waals surface area contributed by atoms with Gasteiger partial charge >= 0.3 is 0 Å². The van der Waals surface area contributed by atoms with Crippen LogP contribution in [0.3, 0.4) is 0 Å². The van der Waals surface area contributed by atoms with E-state index < -0.39 is 0 Å². The molecule has 1 radical (unpaired) electrons. The first-order valence-electron chi connectivity index (χ1n) is 3.87. The molecule has 1 N–H and O–H groups in total. The fourth-order valence-corrected chi connectivity index (χ4v) is 1.51. The van der Waals surface area contributed by atoms with Crippen LogP contribution in [0.1, 0.15) is 16.7 Å². The van der Waals surface area contributed by atoms with Gasteiger partial charge in [0.2, 0.25) is 5.76 Å². The molecular formula is C10H9O2. The van der Waals surface area contributed by atoms with Crippen molar-refractivity contribution in [2.75, 3.05) is 0 Å². The maximum atomic E-state index is 11.2. The third kappa shape index (κ3) is 0.881. The van der Waals surface area contributed by atoms with Gasteiger partial charge in [0.25, 0.3) is 0 Å². The van der Waals surface area contributed by atoms with Crippen molar-refractivity contribution in [2.45, 2.75) is 13.3 Å². The summed E-state index contributed by atoms with van der Waals surface area (Å²) in [7, 11) is 0. The van der Waals surface area contributed by atoms with Gasteiger partial charge < -0.3 is 5.11 Å². The topological polar surface area (TPSA) is 40.1 Å². The Balaban J connectivity index is 2.58. The van der Waals surface area contributed by atoms with Gasteiger partial charge in [-0.15, -0.1) is 0 Å². The summed E-state index contributed by atoms with van der Waals surface area (Å²) in [5, 5.41) is 20.4. The van der Waals surface area contributed by atoms with Crippen LogP contribution in [0, 0.1) is 6.92 Å². The second kappa shape index (κ2) is 2.27. The zero-order valence-electron chi connectivity index (χ0n) is 6.79. The predicted molar refractivity (Wildman–Crippen MR) is 45.1 cm³/mol. The lowest BCUT2D eigenvalue weighted by atomic mass is 10.1. The Morgan fingerprint density at radius 3 is 2.92 bits per heavy atom. The van der Waals surface area contributed by atoms with E-state index in [1.807, 2.05) is 19.1 Å². The highest BCUT2D eigenvalue weighted by molar-refractivity contribution is 5.69. The molecule has 0 unspecified atom stereocenters. The highest BCUT2D eigenvalue weighted by Gasteiger charge is 2.21. The summed E-state index contributed by atoms with van der Waals surface area (Å²) >= 11 is 0. The van der Waals surface area contributed by atoms with Crippen LogP contribution >= 0.6 is 0 Å². The minimum absolute atomic E-state index is 0.0319. The molecule has 0 amide bonds. The lowest BCUT2D eigenvalue weighted by Crippen LogP contribution is -1.84. The molecule has 1 aliphatic carbocycles. The number of benzene rings is 1. The molecule has 0 atom stereocenters. The van der Waals surface area contributed by atoms with Crippen LogP contribution in [-0.2, 0) is 11.5 Å². The van der Waals surface area contributed by atoms with Gasteiger partial charge in [-0.3, -0.25) is 5.11 Å². The number of fused-ring (bicyclic) bond motifs is 1. The zero-order valence-corrected chi connectivity index (χ0v) is 6.79. The zero-order chi connectivity index (χ0) is 8.72. The van der Waals surface area contributed by atoms with E-state index in [1.54, 1.807) is 6.07 Å². The molecule has 0 spiro atoms. The van der Waals surface area contributed by atoms with Gasteiger partial charge in [-0.1, -0.05) is 23.8 Å². The van der Waals surface area contributed by atoms with Gasteiger partial charge in [0.15, 0.2) is 0 Å². The highest BCUT2D eigenvalue weighted by Crippen LogP contribution is 2.30. The standard InChI is InChI=1S/C10H9O2/c1-6-2-3-8-7(4-6)5-9(11)10(8)12/h2-4,11H,5H2,1H3. The lowest BCUT2D eigenvalue weighted by Gasteiger charge is -1.98. The number of aliphatic hydroxyl groups is 1. The molecule has 0 fully saturated rings. The van der Waals surface area contributed by atoms with Gasteiger partial charge in [0, 0.05) is 12.0 Å². The molecule has 12 heavy (non-hydrogen) atoms. The van der Waals surface area contributed by atoms with Crippen molar-refractivity contribution < 1.29 is 10.2 Å². The Bertz CT molecular complexity index is 364. The van der Waals surface area contributed by atoms with E-state index in [-0.39, 0.29) is 11.5 Å². The van der Waals surface area contributed by atoms with Gasteiger partial charge in [0.05, 0.1) is 0 Å². The Kier molecular flexibility index (Phi) is 1.37. The van der Waals surface area contributed by atoms with Crippen molar-refractivity contribution in [3.8, 4) is 0 Å². The molecule has 0 bridgehead atoms. The third-order valence-electron chi connectivity index (χ3n) is 2.13. The molecule has 1 aromatic rings. The Morgan fingerprint density at radius 1 is 1.42 bits per heavy atom. The monoisotopic (exact) mass is 161 g/mol. The van der Waals surface area contributed by atoms with Crippen molar-refractivity contribution in [1.82, 2.24) is 0 Å². The van der Waals surface area contributed by atoms with Gasteiger partial charge in [-0.25, -0.2) is 0 Å². The second-order valence-electron chi connectivity index (χ2n) is 3.11. The van der Waals surface area contributed by atoms with Crippen molar-refractivity contribution >= 4 is 5.76 Å². The summed E-state index contributed by atoms with van der Waals surface area (Å²) in [4.78, 5) is 0. The van der Waals surface area contributed by atoms with E-state index in [0.29, 0.717) is 12.0 Å². The summed E-state index contributed by atoms with van der Waals surface area (Å²) in [5.41, 5.74) is 2.71. The minimum Gasteiger partial charge on any atom is -0.508 e. The summed E-state index contributed by atoms with van der Waals surface area (Å²) in [5.74, 6) is -0.249. The van der Waals surface area contributed by atoms with Crippen LogP contribution in [0.5, 0.6) is 0 Å². The summed E-state index contributed by atoms with van der Waals surface area (Å²) in [6.45, 7) is 1.97. The molecule has 0 aromatic heterocycles. The predicted octanol–water partition coefficient (Wildman–Crippen LogP) is 2.21. The van der Waals surface area contributed by atoms with Crippen LogP contribution in [0.25, 0.3) is 5.76 Å². The number of rotatable bonds is 0. The van der Waals surface area contributed by atoms with E-state index >= 15 is 0 Å². The fourth-order valence-electron chi connectivity index (χ4n) is 1.51. The Morgan fingerprint density at radius 2 is 2.17 bits per heavy atom. The number of hydrogen-bond donors (Lipinski definition) is 1. The molecule has 0 aliphatic heterocycles. The van der Waals surface area contributed by atoms with E-state index in [9.17, 15) is 10.2 Å². The van der Waals surface area contributed by atoms with Crippen molar-refractivity contribution in [2.24, 2.45) is 0 Å². The van der Waals surface area contributed by atoms with Crippen molar-refractivity contribution in [1.29, 1.82) is 0 Å². The molecular weight excluding hydrogens is 152 g/mol. The van der Waals surface area contributed by atoms with Crippen LogP contribution in [0.2, 0.25) is 0 Å². The first-order valence-corrected chi connectivity index (χ1v) is 3.87. The van der Waals surface area contributed by atoms with Crippen LogP contribution in [0.15, 0.2) is 24.0 Å². The van der Waals surface area contributed by atoms with E-state index in [4.69, 9.17) is 0 Å². The van der Waals surface area contributed by atoms with E-state index in [2.05, 4.69) is 0 Å². The van der Waals surface area contributed by atoms with Gasteiger partial charge in [-0.2, -0.15) is 0 Å². The maximum absolute atomic E-state index is 11.2. The quantitative estimate of drug-likeness (QED) is 0.622. The van der Waals surface area contributed by atoms with Crippen LogP contribution in [0.4, 0.5) is 0 Å². The van der Waals surface area contributed by atoms with Crippen LogP contribution in [-0.4, -0.2) is 5.11 Å². The highest BCUT2D eigenvalue weighted by atomic mass is 16.3. The molecule has 1 aliphatic rings. The number of allylic oxidation sites excluding steroid dienone is 1. The normalized spacial score (nSPS) is 15.1. The second-order valence-corrected chi connectivity index (χ2v) is 3.11.